The zero-order valence-corrected chi connectivity index (χ0v) is 20.9. The van der Waals surface area contributed by atoms with Gasteiger partial charge in [-0.05, 0) is 75.7 Å². The number of rotatable bonds is 6. The van der Waals surface area contributed by atoms with Crippen LogP contribution < -0.4 is 14.9 Å². The molecule has 3 aromatic carbocycles. The Kier molecular flexibility index (Phi) is 6.33. The average molecular weight is 496 g/mol. The Labute approximate surface area is 202 Å². The normalized spacial score (nSPS) is 11.7. The van der Waals surface area contributed by atoms with Crippen molar-refractivity contribution in [3.8, 4) is 0 Å². The summed E-state index contributed by atoms with van der Waals surface area (Å²) in [6, 6.07) is 16.9. The van der Waals surface area contributed by atoms with E-state index in [1.807, 2.05) is 32.9 Å². The smallest absolute Gasteiger partial charge is 0.308 e. The van der Waals surface area contributed by atoms with Gasteiger partial charge in [0.05, 0.1) is 15.1 Å². The molecule has 0 radical (unpaired) electrons. The molecule has 0 bridgehead atoms. The third kappa shape index (κ3) is 4.76. The fraction of sp³-hybridized carbons (Fsp3) is 0.200. The van der Waals surface area contributed by atoms with E-state index in [1.165, 1.54) is 6.07 Å². The summed E-state index contributed by atoms with van der Waals surface area (Å²) in [5.74, 6) is -0.443. The van der Waals surface area contributed by atoms with Crippen LogP contribution in [-0.4, -0.2) is 18.9 Å². The van der Waals surface area contributed by atoms with Crippen molar-refractivity contribution >= 4 is 48.9 Å². The molecule has 34 heavy (non-hydrogen) atoms. The number of aryl methyl sites for hydroxylation is 2. The first kappa shape index (κ1) is 23.7. The van der Waals surface area contributed by atoms with E-state index in [2.05, 4.69) is 10.0 Å². The van der Waals surface area contributed by atoms with Crippen molar-refractivity contribution in [2.24, 2.45) is 0 Å². The van der Waals surface area contributed by atoms with Crippen molar-refractivity contribution in [2.75, 3.05) is 10.0 Å². The lowest BCUT2D eigenvalue weighted by molar-refractivity contribution is 0.102. The molecule has 1 amide bonds. The average Bonchev–Trinajstić information content (AvgIpc) is 3.10. The Morgan fingerprint density at radius 2 is 1.62 bits per heavy atom. The van der Waals surface area contributed by atoms with Crippen LogP contribution in [0.5, 0.6) is 0 Å². The monoisotopic (exact) mass is 495 g/mol. The van der Waals surface area contributed by atoms with E-state index in [0.717, 1.165) is 27.1 Å². The zero-order valence-electron chi connectivity index (χ0n) is 19.2. The summed E-state index contributed by atoms with van der Waals surface area (Å²) in [7, 11) is -3.89. The van der Waals surface area contributed by atoms with Gasteiger partial charge in [0.15, 0.2) is 0 Å². The Hall–Kier alpha value is -3.43. The number of nitrogens with zero attached hydrogens (tertiary/aromatic N) is 1. The molecule has 1 aromatic heterocycles. The van der Waals surface area contributed by atoms with Gasteiger partial charge in [0, 0.05) is 23.0 Å². The molecule has 0 unspecified atom stereocenters. The summed E-state index contributed by atoms with van der Waals surface area (Å²) in [4.78, 5) is 25.2. The number of anilines is 2. The van der Waals surface area contributed by atoms with Crippen molar-refractivity contribution in [1.29, 1.82) is 0 Å². The molecule has 7 nitrogen and oxygen atoms in total. The van der Waals surface area contributed by atoms with Gasteiger partial charge < -0.3 is 5.32 Å². The van der Waals surface area contributed by atoms with Crippen LogP contribution in [0.25, 0.3) is 10.2 Å². The van der Waals surface area contributed by atoms with Crippen LogP contribution in [0.1, 0.15) is 41.4 Å². The van der Waals surface area contributed by atoms with E-state index >= 15 is 0 Å². The Morgan fingerprint density at radius 1 is 0.941 bits per heavy atom. The highest BCUT2D eigenvalue weighted by atomic mass is 32.2. The van der Waals surface area contributed by atoms with Gasteiger partial charge in [-0.1, -0.05) is 35.1 Å². The van der Waals surface area contributed by atoms with E-state index < -0.39 is 15.9 Å². The number of nitrogens with one attached hydrogen (secondary N) is 2. The van der Waals surface area contributed by atoms with Gasteiger partial charge in [-0.3, -0.25) is 18.9 Å². The quantitative estimate of drug-likeness (QED) is 0.379. The lowest BCUT2D eigenvalue weighted by Crippen LogP contribution is -2.17. The molecule has 4 aromatic rings. The molecule has 0 spiro atoms. The second-order valence-electron chi connectivity index (χ2n) is 8.42. The SMILES string of the molecule is Cc1ccc(NS(=O)(=O)c2cc(C(=O)Nc3ccc4c(c3)sc(=O)n4C(C)C)ccc2C)cc1. The molecule has 0 fully saturated rings. The standard InChI is InChI=1S/C25H25N3O4S2/c1-15(2)28-21-12-11-20(14-22(21)33-25(28)30)26-24(29)18-8-7-17(4)23(13-18)34(31,32)27-19-9-5-16(3)6-10-19/h5-15,27H,1-4H3,(H,26,29). The third-order valence-corrected chi connectivity index (χ3v) is 7.87. The predicted molar refractivity (Wildman–Crippen MR) is 138 cm³/mol. The Morgan fingerprint density at radius 3 is 2.29 bits per heavy atom. The molecular weight excluding hydrogens is 470 g/mol. The fourth-order valence-electron chi connectivity index (χ4n) is 3.67. The first-order chi connectivity index (χ1) is 16.0. The maximum atomic E-state index is 13.0. The highest BCUT2D eigenvalue weighted by Crippen LogP contribution is 2.25. The van der Waals surface area contributed by atoms with Crippen LogP contribution in [0.2, 0.25) is 0 Å². The second-order valence-corrected chi connectivity index (χ2v) is 11.1. The molecular formula is C25H25N3O4S2. The highest BCUT2D eigenvalue weighted by molar-refractivity contribution is 7.92. The number of hydrogen-bond donors (Lipinski definition) is 2. The highest BCUT2D eigenvalue weighted by Gasteiger charge is 2.20. The molecule has 176 valence electrons. The first-order valence-corrected chi connectivity index (χ1v) is 13.0. The summed E-state index contributed by atoms with van der Waals surface area (Å²) in [6.07, 6.45) is 0. The van der Waals surface area contributed by atoms with Crippen LogP contribution in [0.4, 0.5) is 11.4 Å². The third-order valence-electron chi connectivity index (χ3n) is 5.43. The molecule has 0 saturated carbocycles. The number of fused-ring (bicyclic) bond motifs is 1. The van der Waals surface area contributed by atoms with Crippen molar-refractivity contribution < 1.29 is 13.2 Å². The largest absolute Gasteiger partial charge is 0.322 e. The topological polar surface area (TPSA) is 97.3 Å². The number of amides is 1. The van der Waals surface area contributed by atoms with Crippen molar-refractivity contribution in [2.45, 2.75) is 38.6 Å². The minimum absolute atomic E-state index is 0.0307. The molecule has 0 aliphatic heterocycles. The van der Waals surface area contributed by atoms with Crippen molar-refractivity contribution in [3.05, 3.63) is 87.0 Å². The zero-order chi connectivity index (χ0) is 24.6. The molecule has 9 heteroatoms. The van der Waals surface area contributed by atoms with Gasteiger partial charge in [0.2, 0.25) is 0 Å². The van der Waals surface area contributed by atoms with Gasteiger partial charge >= 0.3 is 4.87 Å². The summed E-state index contributed by atoms with van der Waals surface area (Å²) in [6.45, 7) is 7.49. The summed E-state index contributed by atoms with van der Waals surface area (Å²) < 4.78 is 31.1. The van der Waals surface area contributed by atoms with E-state index in [0.29, 0.717) is 16.9 Å². The maximum absolute atomic E-state index is 13.0. The Bertz CT molecular complexity index is 1550. The number of benzene rings is 3. The van der Waals surface area contributed by atoms with Crippen molar-refractivity contribution in [1.82, 2.24) is 4.57 Å². The van der Waals surface area contributed by atoms with Gasteiger partial charge in [-0.2, -0.15) is 0 Å². The van der Waals surface area contributed by atoms with Crippen LogP contribution in [0.3, 0.4) is 0 Å². The molecule has 1 heterocycles. The van der Waals surface area contributed by atoms with E-state index in [4.69, 9.17) is 0 Å². The maximum Gasteiger partial charge on any atom is 0.308 e. The lowest BCUT2D eigenvalue weighted by atomic mass is 10.1. The van der Waals surface area contributed by atoms with Gasteiger partial charge in [0.1, 0.15) is 0 Å². The molecule has 0 atom stereocenters. The number of carbonyl (C=O) groups is 1. The second kappa shape index (κ2) is 9.08. The van der Waals surface area contributed by atoms with Crippen LogP contribution in [0, 0.1) is 13.8 Å². The number of carbonyl (C=O) groups excluding carboxylic acids is 1. The number of aromatic nitrogens is 1. The van der Waals surface area contributed by atoms with Gasteiger partial charge in [-0.15, -0.1) is 0 Å². The van der Waals surface area contributed by atoms with E-state index in [-0.39, 0.29) is 21.4 Å². The van der Waals surface area contributed by atoms with Gasteiger partial charge in [-0.25, -0.2) is 8.42 Å². The van der Waals surface area contributed by atoms with Crippen LogP contribution in [0.15, 0.2) is 70.4 Å². The minimum atomic E-state index is -3.89. The number of hydrogen-bond acceptors (Lipinski definition) is 5. The minimum Gasteiger partial charge on any atom is -0.322 e. The number of thiazole rings is 1. The van der Waals surface area contributed by atoms with Crippen LogP contribution >= 0.6 is 11.3 Å². The molecule has 4 rings (SSSR count). The first-order valence-electron chi connectivity index (χ1n) is 10.7. The molecule has 2 N–H and O–H groups in total. The summed E-state index contributed by atoms with van der Waals surface area (Å²) >= 11 is 1.12. The van der Waals surface area contributed by atoms with Gasteiger partial charge in [0.25, 0.3) is 15.9 Å². The lowest BCUT2D eigenvalue weighted by Gasteiger charge is -2.13. The van der Waals surface area contributed by atoms with Crippen LogP contribution in [-0.2, 0) is 10.0 Å². The molecule has 0 saturated heterocycles. The molecule has 0 aliphatic rings. The van der Waals surface area contributed by atoms with E-state index in [9.17, 15) is 18.0 Å². The number of sulfonamides is 1. The molecule has 0 aliphatic carbocycles. The van der Waals surface area contributed by atoms with Crippen molar-refractivity contribution in [3.63, 3.8) is 0 Å². The fourth-order valence-corrected chi connectivity index (χ4v) is 6.05. The Balaban J connectivity index is 1.60. The van der Waals surface area contributed by atoms with E-state index in [1.54, 1.807) is 54.0 Å². The summed E-state index contributed by atoms with van der Waals surface area (Å²) in [5, 5.41) is 2.80. The predicted octanol–water partition coefficient (Wildman–Crippen LogP) is 5.31. The summed E-state index contributed by atoms with van der Waals surface area (Å²) in [5.41, 5.74) is 3.54.